The van der Waals surface area contributed by atoms with E-state index >= 15 is 0 Å². The molecule has 1 N–H and O–H groups in total. The van der Waals surface area contributed by atoms with Crippen molar-refractivity contribution in [1.82, 2.24) is 9.97 Å². The molecular formula is C12H12F2N2O. The number of aromatic amines is 1. The van der Waals surface area contributed by atoms with Gasteiger partial charge in [-0.2, -0.15) is 0 Å². The average molecular weight is 238 g/mol. The van der Waals surface area contributed by atoms with E-state index < -0.39 is 11.6 Å². The highest BCUT2D eigenvalue weighted by atomic mass is 19.1. The van der Waals surface area contributed by atoms with Crippen LogP contribution in [-0.2, 0) is 13.0 Å². The highest BCUT2D eigenvalue weighted by Crippen LogP contribution is 2.18. The largest absolute Gasteiger partial charge is 0.483 e. The van der Waals surface area contributed by atoms with Gasteiger partial charge in [-0.05, 0) is 18.6 Å². The highest BCUT2D eigenvalue weighted by Gasteiger charge is 2.06. The van der Waals surface area contributed by atoms with Gasteiger partial charge in [0.05, 0.1) is 0 Å². The van der Waals surface area contributed by atoms with Crippen molar-refractivity contribution in [3.63, 3.8) is 0 Å². The summed E-state index contributed by atoms with van der Waals surface area (Å²) in [7, 11) is 0. The second-order valence-electron chi connectivity index (χ2n) is 3.57. The summed E-state index contributed by atoms with van der Waals surface area (Å²) in [5.74, 6) is -0.645. The minimum atomic E-state index is -0.589. The van der Waals surface area contributed by atoms with Crippen molar-refractivity contribution in [2.24, 2.45) is 0 Å². The molecule has 3 nitrogen and oxygen atoms in total. The van der Waals surface area contributed by atoms with Gasteiger partial charge in [0.2, 0.25) is 0 Å². The molecule has 2 aromatic rings. The Kier molecular flexibility index (Phi) is 3.37. The maximum absolute atomic E-state index is 13.2. The molecule has 0 unspecified atom stereocenters. The van der Waals surface area contributed by atoms with Crippen LogP contribution in [0, 0.1) is 11.6 Å². The maximum Gasteiger partial charge on any atom is 0.165 e. The van der Waals surface area contributed by atoms with Crippen LogP contribution < -0.4 is 4.74 Å². The first-order valence-corrected chi connectivity index (χ1v) is 5.29. The number of H-pyrrole nitrogens is 1. The molecule has 1 aromatic carbocycles. The third-order valence-electron chi connectivity index (χ3n) is 2.32. The van der Waals surface area contributed by atoms with Crippen LogP contribution in [-0.4, -0.2) is 9.97 Å². The fourth-order valence-corrected chi connectivity index (χ4v) is 1.39. The first-order chi connectivity index (χ1) is 8.19. The number of nitrogens with zero attached hydrogens (tertiary/aromatic N) is 1. The number of aromatic nitrogens is 2. The molecule has 0 radical (unpaired) electrons. The second-order valence-corrected chi connectivity index (χ2v) is 3.57. The molecule has 90 valence electrons. The van der Waals surface area contributed by atoms with E-state index in [0.29, 0.717) is 5.82 Å². The Morgan fingerprint density at radius 3 is 2.88 bits per heavy atom. The molecule has 0 saturated carbocycles. The van der Waals surface area contributed by atoms with Crippen LogP contribution in [0.1, 0.15) is 18.4 Å². The van der Waals surface area contributed by atoms with Gasteiger partial charge in [0.1, 0.15) is 18.2 Å². The van der Waals surface area contributed by atoms with E-state index in [1.165, 1.54) is 0 Å². The Balaban J connectivity index is 2.04. The van der Waals surface area contributed by atoms with E-state index in [-0.39, 0.29) is 12.4 Å². The van der Waals surface area contributed by atoms with Crippen LogP contribution in [0.15, 0.2) is 24.4 Å². The van der Waals surface area contributed by atoms with Gasteiger partial charge in [-0.25, -0.2) is 13.8 Å². The normalized spacial score (nSPS) is 10.5. The fourth-order valence-electron chi connectivity index (χ4n) is 1.39. The van der Waals surface area contributed by atoms with Gasteiger partial charge in [0.15, 0.2) is 11.6 Å². The van der Waals surface area contributed by atoms with Crippen LogP contribution in [0.4, 0.5) is 8.78 Å². The summed E-state index contributed by atoms with van der Waals surface area (Å²) in [5.41, 5.74) is 0.975. The van der Waals surface area contributed by atoms with E-state index in [0.717, 1.165) is 30.3 Å². The van der Waals surface area contributed by atoms with Crippen molar-refractivity contribution in [3.05, 3.63) is 47.5 Å². The minimum Gasteiger partial charge on any atom is -0.483 e. The van der Waals surface area contributed by atoms with Gasteiger partial charge < -0.3 is 9.72 Å². The molecule has 1 heterocycles. The standard InChI is InChI=1S/C12H12F2N2O/c1-2-9-6-15-12(16-9)7-17-11-5-8(13)3-4-10(11)14/h3-6H,2,7H2,1H3,(H,15,16). The number of nitrogens with one attached hydrogen (secondary N) is 1. The smallest absolute Gasteiger partial charge is 0.165 e. The minimum absolute atomic E-state index is 0.0837. The fraction of sp³-hybridized carbons (Fsp3) is 0.250. The number of halogens is 2. The highest BCUT2D eigenvalue weighted by molar-refractivity contribution is 5.24. The van der Waals surface area contributed by atoms with Crippen LogP contribution >= 0.6 is 0 Å². The Labute approximate surface area is 97.5 Å². The number of rotatable bonds is 4. The maximum atomic E-state index is 13.2. The van der Waals surface area contributed by atoms with Gasteiger partial charge >= 0.3 is 0 Å². The molecule has 0 amide bonds. The van der Waals surface area contributed by atoms with E-state index in [1.807, 2.05) is 6.92 Å². The van der Waals surface area contributed by atoms with Gasteiger partial charge in [0, 0.05) is 18.0 Å². The summed E-state index contributed by atoms with van der Waals surface area (Å²) in [4.78, 5) is 7.07. The van der Waals surface area contributed by atoms with Crippen molar-refractivity contribution < 1.29 is 13.5 Å². The molecule has 17 heavy (non-hydrogen) atoms. The third-order valence-corrected chi connectivity index (χ3v) is 2.32. The predicted octanol–water partition coefficient (Wildman–Crippen LogP) is 2.83. The Hall–Kier alpha value is -1.91. The summed E-state index contributed by atoms with van der Waals surface area (Å²) in [6, 6.07) is 3.09. The van der Waals surface area contributed by atoms with Crippen LogP contribution in [0.25, 0.3) is 0 Å². The molecule has 2 rings (SSSR count). The van der Waals surface area contributed by atoms with Gasteiger partial charge in [-0.3, -0.25) is 0 Å². The summed E-state index contributed by atoms with van der Waals surface area (Å²) in [5, 5.41) is 0. The van der Waals surface area contributed by atoms with Crippen molar-refractivity contribution in [1.29, 1.82) is 0 Å². The average Bonchev–Trinajstić information content (AvgIpc) is 2.78. The quantitative estimate of drug-likeness (QED) is 0.889. The van der Waals surface area contributed by atoms with E-state index in [1.54, 1.807) is 6.20 Å². The van der Waals surface area contributed by atoms with Crippen LogP contribution in [0.3, 0.4) is 0 Å². The Morgan fingerprint density at radius 1 is 1.35 bits per heavy atom. The number of hydrogen-bond acceptors (Lipinski definition) is 2. The lowest BCUT2D eigenvalue weighted by Crippen LogP contribution is -2.00. The van der Waals surface area contributed by atoms with Gasteiger partial charge in [-0.1, -0.05) is 6.92 Å². The molecule has 1 aromatic heterocycles. The zero-order valence-corrected chi connectivity index (χ0v) is 9.34. The molecule has 0 aliphatic heterocycles. The van der Waals surface area contributed by atoms with E-state index in [2.05, 4.69) is 9.97 Å². The molecule has 0 atom stereocenters. The van der Waals surface area contributed by atoms with Crippen molar-refractivity contribution in [2.75, 3.05) is 0 Å². The number of aryl methyl sites for hydroxylation is 1. The third kappa shape index (κ3) is 2.81. The monoisotopic (exact) mass is 238 g/mol. The zero-order valence-electron chi connectivity index (χ0n) is 9.34. The van der Waals surface area contributed by atoms with Crippen LogP contribution in [0.2, 0.25) is 0 Å². The van der Waals surface area contributed by atoms with E-state index in [4.69, 9.17) is 4.74 Å². The lowest BCUT2D eigenvalue weighted by molar-refractivity contribution is 0.280. The molecular weight excluding hydrogens is 226 g/mol. The van der Waals surface area contributed by atoms with Crippen LogP contribution in [0.5, 0.6) is 5.75 Å². The molecule has 0 saturated heterocycles. The molecule has 0 aliphatic rings. The summed E-state index contributed by atoms with van der Waals surface area (Å²) < 4.78 is 31.2. The second kappa shape index (κ2) is 4.95. The van der Waals surface area contributed by atoms with Crippen molar-refractivity contribution in [2.45, 2.75) is 20.0 Å². The number of hydrogen-bond donors (Lipinski definition) is 1. The SMILES string of the molecule is CCc1cnc(COc2cc(F)ccc2F)[nH]1. The molecule has 5 heteroatoms. The summed E-state index contributed by atoms with van der Waals surface area (Å²) in [6.45, 7) is 2.07. The molecule has 0 fully saturated rings. The predicted molar refractivity (Wildman–Crippen MR) is 58.7 cm³/mol. The number of benzene rings is 1. The zero-order chi connectivity index (χ0) is 12.3. The molecule has 0 aliphatic carbocycles. The first-order valence-electron chi connectivity index (χ1n) is 5.29. The van der Waals surface area contributed by atoms with Gasteiger partial charge in [-0.15, -0.1) is 0 Å². The summed E-state index contributed by atoms with van der Waals surface area (Å²) in [6.07, 6.45) is 2.53. The molecule has 0 spiro atoms. The van der Waals surface area contributed by atoms with E-state index in [9.17, 15) is 8.78 Å². The van der Waals surface area contributed by atoms with Crippen molar-refractivity contribution in [3.8, 4) is 5.75 Å². The van der Waals surface area contributed by atoms with Crippen molar-refractivity contribution >= 4 is 0 Å². The Morgan fingerprint density at radius 2 is 2.18 bits per heavy atom. The first kappa shape index (κ1) is 11.6. The lowest BCUT2D eigenvalue weighted by Gasteiger charge is -2.05. The lowest BCUT2D eigenvalue weighted by atomic mass is 10.3. The number of imidazole rings is 1. The Bertz CT molecular complexity index is 511. The molecule has 0 bridgehead atoms. The topological polar surface area (TPSA) is 37.9 Å². The number of ether oxygens (including phenoxy) is 1. The van der Waals surface area contributed by atoms with Gasteiger partial charge in [0.25, 0.3) is 0 Å². The summed E-state index contributed by atoms with van der Waals surface area (Å²) >= 11 is 0.